The summed E-state index contributed by atoms with van der Waals surface area (Å²) in [7, 11) is 0. The Morgan fingerprint density at radius 3 is 2.96 bits per heavy atom. The molecule has 1 N–H and O–H groups in total. The molecule has 3 aromatic rings. The molecule has 2 heterocycles. The van der Waals surface area contributed by atoms with Gasteiger partial charge in [0, 0.05) is 33.3 Å². The number of ether oxygens (including phenoxy) is 1. The van der Waals surface area contributed by atoms with E-state index in [0.29, 0.717) is 16.5 Å². The summed E-state index contributed by atoms with van der Waals surface area (Å²) in [6.07, 6.45) is 4.21. The topological polar surface area (TPSA) is 76.7 Å². The Morgan fingerprint density at radius 2 is 2.08 bits per heavy atom. The first kappa shape index (κ1) is 15.9. The Hall–Kier alpha value is -2.60. The molecule has 4 rings (SSSR count). The Labute approximate surface area is 147 Å². The van der Waals surface area contributed by atoms with Gasteiger partial charge in [-0.2, -0.15) is 0 Å². The van der Waals surface area contributed by atoms with E-state index in [1.807, 2.05) is 5.38 Å². The fraction of sp³-hybridized carbons (Fsp3) is 0.263. The van der Waals surface area contributed by atoms with E-state index in [9.17, 15) is 14.7 Å². The third-order valence-corrected chi connectivity index (χ3v) is 5.54. The first-order valence-corrected chi connectivity index (χ1v) is 9.02. The average Bonchev–Trinajstić information content (AvgIpc) is 3.03. The van der Waals surface area contributed by atoms with Crippen molar-refractivity contribution in [3.8, 4) is 5.75 Å². The smallest absolute Gasteiger partial charge is 0.339 e. The van der Waals surface area contributed by atoms with Gasteiger partial charge in [0.25, 0.3) is 0 Å². The van der Waals surface area contributed by atoms with Crippen molar-refractivity contribution in [2.45, 2.75) is 32.3 Å². The molecule has 0 aliphatic heterocycles. The van der Waals surface area contributed by atoms with E-state index in [4.69, 9.17) is 9.15 Å². The number of thiophene rings is 1. The molecule has 0 bridgehead atoms. The minimum Gasteiger partial charge on any atom is -0.508 e. The maximum Gasteiger partial charge on any atom is 0.339 e. The Kier molecular flexibility index (Phi) is 4.05. The molecular formula is C19H16O5S. The lowest BCUT2D eigenvalue weighted by molar-refractivity contribution is 0.0473. The first-order valence-electron chi connectivity index (χ1n) is 8.14. The molecule has 2 aromatic heterocycles. The first-order chi connectivity index (χ1) is 12.1. The van der Waals surface area contributed by atoms with Crippen LogP contribution in [0.4, 0.5) is 0 Å². The van der Waals surface area contributed by atoms with Gasteiger partial charge in [-0.25, -0.2) is 9.59 Å². The number of carbonyl (C=O) groups is 1. The quantitative estimate of drug-likeness (QED) is 0.571. The lowest BCUT2D eigenvalue weighted by atomic mass is 9.96. The number of esters is 1. The van der Waals surface area contributed by atoms with Crippen molar-refractivity contribution >= 4 is 28.3 Å². The molecule has 0 saturated carbocycles. The molecule has 1 aliphatic rings. The molecule has 1 aromatic carbocycles. The van der Waals surface area contributed by atoms with E-state index in [1.165, 1.54) is 29.5 Å². The van der Waals surface area contributed by atoms with Crippen molar-refractivity contribution < 1.29 is 19.1 Å². The molecule has 0 amide bonds. The fourth-order valence-corrected chi connectivity index (χ4v) is 4.34. The Balaban J connectivity index is 1.59. The van der Waals surface area contributed by atoms with Gasteiger partial charge >= 0.3 is 11.6 Å². The van der Waals surface area contributed by atoms with Crippen LogP contribution in [0.15, 0.2) is 38.9 Å². The summed E-state index contributed by atoms with van der Waals surface area (Å²) < 4.78 is 10.5. The van der Waals surface area contributed by atoms with Crippen LogP contribution in [0.25, 0.3) is 11.0 Å². The number of carbonyl (C=O) groups excluding carboxylic acids is 1. The lowest BCUT2D eigenvalue weighted by Gasteiger charge is -2.12. The van der Waals surface area contributed by atoms with Gasteiger partial charge in [-0.15, -0.1) is 11.3 Å². The standard InChI is InChI=1S/C19H16O5S/c20-12-5-6-13-11(7-18(21)24-16(13)8-12)9-23-19(22)15-10-25-17-4-2-1-3-14(15)17/h5-8,10,20H,1-4,9H2. The summed E-state index contributed by atoms with van der Waals surface area (Å²) in [4.78, 5) is 25.4. The van der Waals surface area contributed by atoms with Gasteiger partial charge in [0.2, 0.25) is 0 Å². The second-order valence-corrected chi connectivity index (χ2v) is 7.07. The van der Waals surface area contributed by atoms with Crippen LogP contribution in [0.5, 0.6) is 5.75 Å². The summed E-state index contributed by atoms with van der Waals surface area (Å²) in [5, 5.41) is 12.0. The highest BCUT2D eigenvalue weighted by molar-refractivity contribution is 7.10. The summed E-state index contributed by atoms with van der Waals surface area (Å²) in [6.45, 7) is -0.0175. The average molecular weight is 356 g/mol. The molecular weight excluding hydrogens is 340 g/mol. The zero-order valence-corrected chi connectivity index (χ0v) is 14.2. The van der Waals surface area contributed by atoms with Crippen LogP contribution in [-0.4, -0.2) is 11.1 Å². The lowest BCUT2D eigenvalue weighted by Crippen LogP contribution is -2.10. The number of phenolic OH excluding ortho intramolecular Hbond substituents is 1. The van der Waals surface area contributed by atoms with Crippen molar-refractivity contribution in [3.05, 3.63) is 61.6 Å². The number of benzene rings is 1. The number of aromatic hydroxyl groups is 1. The Bertz CT molecular complexity index is 1010. The van der Waals surface area contributed by atoms with Gasteiger partial charge in [-0.1, -0.05) is 0 Å². The molecule has 128 valence electrons. The second-order valence-electron chi connectivity index (χ2n) is 6.11. The van der Waals surface area contributed by atoms with E-state index in [1.54, 1.807) is 17.4 Å². The van der Waals surface area contributed by atoms with Gasteiger partial charge < -0.3 is 14.3 Å². The molecule has 0 atom stereocenters. The van der Waals surface area contributed by atoms with Crippen LogP contribution in [-0.2, 0) is 24.2 Å². The summed E-state index contributed by atoms with van der Waals surface area (Å²) in [6, 6.07) is 5.83. The molecule has 5 nitrogen and oxygen atoms in total. The minimum absolute atomic E-state index is 0.00898. The van der Waals surface area contributed by atoms with Crippen molar-refractivity contribution in [1.82, 2.24) is 0 Å². The van der Waals surface area contributed by atoms with Gasteiger partial charge in [0.15, 0.2) is 0 Å². The number of fused-ring (bicyclic) bond motifs is 2. The van der Waals surface area contributed by atoms with Crippen molar-refractivity contribution in [2.75, 3.05) is 0 Å². The van der Waals surface area contributed by atoms with Gasteiger partial charge in [0.1, 0.15) is 17.9 Å². The maximum absolute atomic E-state index is 12.5. The highest BCUT2D eigenvalue weighted by Crippen LogP contribution is 2.31. The van der Waals surface area contributed by atoms with Crippen molar-refractivity contribution in [1.29, 1.82) is 0 Å². The monoisotopic (exact) mass is 356 g/mol. The van der Waals surface area contributed by atoms with E-state index < -0.39 is 5.63 Å². The van der Waals surface area contributed by atoms with Crippen LogP contribution in [0.3, 0.4) is 0 Å². The largest absolute Gasteiger partial charge is 0.508 e. The molecule has 25 heavy (non-hydrogen) atoms. The summed E-state index contributed by atoms with van der Waals surface area (Å²) in [5.74, 6) is -0.353. The third kappa shape index (κ3) is 3.05. The number of hydrogen-bond acceptors (Lipinski definition) is 6. The number of aryl methyl sites for hydroxylation is 1. The van der Waals surface area contributed by atoms with Crippen molar-refractivity contribution in [2.24, 2.45) is 0 Å². The SMILES string of the molecule is O=C(OCc1cc(=O)oc2cc(O)ccc12)c1csc2c1CCCC2. The normalized spacial score (nSPS) is 13.6. The van der Waals surface area contributed by atoms with E-state index >= 15 is 0 Å². The molecule has 0 spiro atoms. The minimum atomic E-state index is -0.544. The van der Waals surface area contributed by atoms with Crippen LogP contribution in [0, 0.1) is 0 Å². The molecule has 0 radical (unpaired) electrons. The van der Waals surface area contributed by atoms with Gasteiger partial charge in [-0.3, -0.25) is 0 Å². The van der Waals surface area contributed by atoms with Crippen LogP contribution in [0.1, 0.15) is 39.2 Å². The third-order valence-electron chi connectivity index (χ3n) is 4.45. The number of phenols is 1. The molecule has 6 heteroatoms. The summed E-state index contributed by atoms with van der Waals surface area (Å²) in [5.41, 5.74) is 2.04. The fourth-order valence-electron chi connectivity index (χ4n) is 3.22. The molecule has 0 fully saturated rings. The maximum atomic E-state index is 12.5. The zero-order chi connectivity index (χ0) is 17.4. The molecule has 1 aliphatic carbocycles. The van der Waals surface area contributed by atoms with Crippen LogP contribution in [0.2, 0.25) is 0 Å². The van der Waals surface area contributed by atoms with Gasteiger partial charge in [-0.05, 0) is 43.4 Å². The highest BCUT2D eigenvalue weighted by Gasteiger charge is 2.21. The highest BCUT2D eigenvalue weighted by atomic mass is 32.1. The molecule has 0 saturated heterocycles. The molecule has 0 unspecified atom stereocenters. The van der Waals surface area contributed by atoms with Crippen LogP contribution >= 0.6 is 11.3 Å². The van der Waals surface area contributed by atoms with Crippen LogP contribution < -0.4 is 5.63 Å². The number of rotatable bonds is 3. The Morgan fingerprint density at radius 1 is 1.24 bits per heavy atom. The van der Waals surface area contributed by atoms with Gasteiger partial charge in [0.05, 0.1) is 5.56 Å². The zero-order valence-electron chi connectivity index (χ0n) is 13.4. The predicted octanol–water partition coefficient (Wildman–Crippen LogP) is 3.80. The predicted molar refractivity (Wildman–Crippen MR) is 94.2 cm³/mol. The number of hydrogen-bond donors (Lipinski definition) is 1. The van der Waals surface area contributed by atoms with Crippen molar-refractivity contribution in [3.63, 3.8) is 0 Å². The van der Waals surface area contributed by atoms with E-state index in [-0.39, 0.29) is 23.9 Å². The van der Waals surface area contributed by atoms with E-state index in [2.05, 4.69) is 0 Å². The summed E-state index contributed by atoms with van der Waals surface area (Å²) >= 11 is 1.61. The second kappa shape index (κ2) is 6.37. The van der Waals surface area contributed by atoms with E-state index in [0.717, 1.165) is 24.8 Å².